The normalized spacial score (nSPS) is 20.2. The second-order valence-corrected chi connectivity index (χ2v) is 9.61. The number of β-lactam (4-membered cyclic amide) rings is 1. The second-order valence-electron chi connectivity index (χ2n) is 8.51. The van der Waals surface area contributed by atoms with Crippen molar-refractivity contribution < 1.29 is 47.7 Å². The lowest BCUT2D eigenvalue weighted by Crippen LogP contribution is -2.71. The number of esters is 3. The first-order chi connectivity index (χ1) is 18.2. The number of carbonyl (C=O) groups excluding carboxylic acids is 5. The maximum absolute atomic E-state index is 13.1. The van der Waals surface area contributed by atoms with E-state index < -0.39 is 54.0 Å². The summed E-state index contributed by atoms with van der Waals surface area (Å²) in [5.74, 6) is -1.83. The molecule has 0 radical (unpaired) electrons. The number of nitrogens with zero attached hydrogens (tertiary/aromatic N) is 1. The van der Waals surface area contributed by atoms with Gasteiger partial charge < -0.3 is 34.7 Å². The van der Waals surface area contributed by atoms with Crippen molar-refractivity contribution in [1.82, 2.24) is 10.2 Å². The van der Waals surface area contributed by atoms with Crippen molar-refractivity contribution >= 4 is 41.5 Å². The highest BCUT2D eigenvalue weighted by molar-refractivity contribution is 8.00. The molecule has 0 saturated carbocycles. The van der Waals surface area contributed by atoms with Gasteiger partial charge in [0.1, 0.15) is 23.7 Å². The summed E-state index contributed by atoms with van der Waals surface area (Å²) < 4.78 is 25.7. The van der Waals surface area contributed by atoms with Crippen LogP contribution < -0.4 is 20.5 Å². The van der Waals surface area contributed by atoms with E-state index in [0.717, 1.165) is 0 Å². The van der Waals surface area contributed by atoms with Crippen LogP contribution in [0.3, 0.4) is 0 Å². The molecule has 3 N–H and O–H groups in total. The number of nitrogens with two attached hydrogens (primary N) is 1. The van der Waals surface area contributed by atoms with Gasteiger partial charge in [0.15, 0.2) is 11.5 Å². The molecule has 3 aliphatic heterocycles. The van der Waals surface area contributed by atoms with Gasteiger partial charge in [0.2, 0.25) is 19.5 Å². The van der Waals surface area contributed by atoms with Crippen molar-refractivity contribution in [2.24, 2.45) is 5.73 Å². The number of fused-ring (bicyclic) bond motifs is 2. The molecule has 1 aromatic carbocycles. The molecule has 2 amide bonds. The van der Waals surface area contributed by atoms with Gasteiger partial charge in [-0.3, -0.25) is 24.1 Å². The van der Waals surface area contributed by atoms with Crippen LogP contribution in [-0.2, 0) is 44.6 Å². The number of nitrogens with one attached hydrogen (secondary N) is 1. The van der Waals surface area contributed by atoms with E-state index in [4.69, 9.17) is 29.4 Å². The minimum absolute atomic E-state index is 0.0812. The molecule has 1 aromatic rings. The van der Waals surface area contributed by atoms with Gasteiger partial charge >= 0.3 is 17.9 Å². The largest absolute Gasteiger partial charge is 0.461 e. The Kier molecular flexibility index (Phi) is 8.42. The first-order valence-corrected chi connectivity index (χ1v) is 12.8. The minimum Gasteiger partial charge on any atom is -0.461 e. The van der Waals surface area contributed by atoms with Crippen LogP contribution in [0.1, 0.15) is 25.8 Å². The van der Waals surface area contributed by atoms with E-state index in [9.17, 15) is 24.0 Å². The van der Waals surface area contributed by atoms with Gasteiger partial charge in [0.25, 0.3) is 5.91 Å². The van der Waals surface area contributed by atoms with E-state index in [1.807, 2.05) is 0 Å². The van der Waals surface area contributed by atoms with Gasteiger partial charge in [-0.25, -0.2) is 4.79 Å². The van der Waals surface area contributed by atoms with Crippen molar-refractivity contribution in [1.29, 1.82) is 0 Å². The number of amides is 2. The number of thioether (sulfide) groups is 1. The van der Waals surface area contributed by atoms with Crippen LogP contribution in [0, 0.1) is 0 Å². The van der Waals surface area contributed by atoms with Crippen molar-refractivity contribution in [2.75, 3.05) is 25.9 Å². The molecule has 38 heavy (non-hydrogen) atoms. The Labute approximate surface area is 221 Å². The second kappa shape index (κ2) is 11.7. The number of para-hydroxylation sites is 1. The van der Waals surface area contributed by atoms with Crippen LogP contribution in [0.2, 0.25) is 0 Å². The summed E-state index contributed by atoms with van der Waals surface area (Å²) in [6.07, 6.45) is 0.250. The highest BCUT2D eigenvalue weighted by Gasteiger charge is 2.54. The standard InChI is InChI=1S/C24H27N3O10S/c1-3-17(29)35-11-37-24(32)19-14(8-33-12(2)28)9-38-23-18(22(31)27(19)23)26-21(30)15(25)7-13-5-4-6-16-20(13)36-10-34-16/h4-6,15,18,23H,3,7-11,25H2,1-2H3,(H,26,30)/t15?,18-,23-/m1/s1. The van der Waals surface area contributed by atoms with E-state index in [0.29, 0.717) is 22.6 Å². The lowest BCUT2D eigenvalue weighted by Gasteiger charge is -2.49. The topological polar surface area (TPSA) is 173 Å². The summed E-state index contributed by atoms with van der Waals surface area (Å²) in [5, 5.41) is 2.05. The number of ether oxygens (including phenoxy) is 5. The summed E-state index contributed by atoms with van der Waals surface area (Å²) in [6.45, 7) is 2.02. The number of benzene rings is 1. The molecule has 4 rings (SSSR count). The Morgan fingerprint density at radius 3 is 2.74 bits per heavy atom. The fraction of sp³-hybridized carbons (Fsp3) is 0.458. The molecule has 13 nitrogen and oxygen atoms in total. The molecule has 204 valence electrons. The van der Waals surface area contributed by atoms with E-state index in [1.54, 1.807) is 25.1 Å². The zero-order valence-electron chi connectivity index (χ0n) is 20.7. The maximum Gasteiger partial charge on any atom is 0.358 e. The molecule has 1 fully saturated rings. The number of hydrogen-bond acceptors (Lipinski definition) is 12. The first-order valence-electron chi connectivity index (χ1n) is 11.8. The van der Waals surface area contributed by atoms with Gasteiger partial charge in [-0.2, -0.15) is 0 Å². The van der Waals surface area contributed by atoms with E-state index in [-0.39, 0.29) is 37.7 Å². The third-order valence-electron chi connectivity index (χ3n) is 5.94. The van der Waals surface area contributed by atoms with Crippen molar-refractivity contribution in [3.05, 3.63) is 35.0 Å². The first kappa shape index (κ1) is 27.3. The van der Waals surface area contributed by atoms with Gasteiger partial charge in [-0.15, -0.1) is 11.8 Å². The minimum atomic E-state index is -0.978. The molecule has 1 unspecified atom stereocenters. The van der Waals surface area contributed by atoms with Crippen LogP contribution in [0.15, 0.2) is 29.5 Å². The molecule has 1 saturated heterocycles. The summed E-state index contributed by atoms with van der Waals surface area (Å²) >= 11 is 1.28. The van der Waals surface area contributed by atoms with Crippen molar-refractivity contribution in [3.8, 4) is 11.5 Å². The Hall–Kier alpha value is -3.78. The van der Waals surface area contributed by atoms with Crippen LogP contribution in [-0.4, -0.2) is 78.0 Å². The third-order valence-corrected chi connectivity index (χ3v) is 7.28. The molecular formula is C24H27N3O10S. The van der Waals surface area contributed by atoms with Crippen LogP contribution >= 0.6 is 11.8 Å². The average Bonchev–Trinajstić information content (AvgIpc) is 3.39. The van der Waals surface area contributed by atoms with Gasteiger partial charge in [0, 0.05) is 36.7 Å². The summed E-state index contributed by atoms with van der Waals surface area (Å²) in [4.78, 5) is 62.6. The molecule has 0 aliphatic carbocycles. The number of carbonyl (C=O) groups is 5. The Morgan fingerprint density at radius 1 is 1.21 bits per heavy atom. The van der Waals surface area contributed by atoms with E-state index in [1.165, 1.54) is 23.6 Å². The van der Waals surface area contributed by atoms with Crippen LogP contribution in [0.25, 0.3) is 0 Å². The number of rotatable bonds is 10. The highest BCUT2D eigenvalue weighted by atomic mass is 32.2. The summed E-state index contributed by atoms with van der Waals surface area (Å²) in [7, 11) is 0. The molecule has 3 aliphatic rings. The number of hydrogen-bond donors (Lipinski definition) is 2. The van der Waals surface area contributed by atoms with Crippen molar-refractivity contribution in [2.45, 2.75) is 44.1 Å². The zero-order chi connectivity index (χ0) is 27.4. The molecule has 3 atom stereocenters. The smallest absolute Gasteiger partial charge is 0.358 e. The Bertz CT molecular complexity index is 1190. The van der Waals surface area contributed by atoms with Gasteiger partial charge in [-0.1, -0.05) is 19.1 Å². The summed E-state index contributed by atoms with van der Waals surface area (Å²) in [5.41, 5.74) is 7.06. The fourth-order valence-corrected chi connectivity index (χ4v) is 5.36. The van der Waals surface area contributed by atoms with Crippen molar-refractivity contribution in [3.63, 3.8) is 0 Å². The SMILES string of the molecule is CCC(=O)OCOC(=O)C1=C(COC(C)=O)CS[C@@H]2[C@H](NC(=O)C(N)Cc3cccc4c3OCO4)C(=O)N12. The predicted molar refractivity (Wildman–Crippen MR) is 130 cm³/mol. The monoisotopic (exact) mass is 549 g/mol. The molecule has 14 heteroatoms. The quantitative estimate of drug-likeness (QED) is 0.227. The molecule has 0 bridgehead atoms. The lowest BCUT2D eigenvalue weighted by atomic mass is 10.0. The lowest BCUT2D eigenvalue weighted by molar-refractivity contribution is -0.168. The van der Waals surface area contributed by atoms with E-state index >= 15 is 0 Å². The third kappa shape index (κ3) is 5.70. The summed E-state index contributed by atoms with van der Waals surface area (Å²) in [6, 6.07) is 3.38. The van der Waals surface area contributed by atoms with Crippen LogP contribution in [0.4, 0.5) is 0 Å². The molecule has 0 aromatic heterocycles. The van der Waals surface area contributed by atoms with Gasteiger partial charge in [0.05, 0.1) is 6.04 Å². The molecule has 0 spiro atoms. The predicted octanol–water partition coefficient (Wildman–Crippen LogP) is -0.0439. The van der Waals surface area contributed by atoms with Crippen LogP contribution in [0.5, 0.6) is 11.5 Å². The maximum atomic E-state index is 13.1. The molecular weight excluding hydrogens is 522 g/mol. The molecule has 3 heterocycles. The van der Waals surface area contributed by atoms with E-state index in [2.05, 4.69) is 5.32 Å². The highest BCUT2D eigenvalue weighted by Crippen LogP contribution is 2.41. The Morgan fingerprint density at radius 2 is 2.00 bits per heavy atom. The zero-order valence-corrected chi connectivity index (χ0v) is 21.5. The van der Waals surface area contributed by atoms with Gasteiger partial charge in [-0.05, 0) is 6.07 Å². The Balaban J connectivity index is 1.42. The average molecular weight is 550 g/mol. The fourth-order valence-electron chi connectivity index (χ4n) is 4.03.